The SMILES string of the molecule is CC(C)(C)N(CCC(=O)O)C(=O)c1cc(Cl)ccc1Br. The lowest BCUT2D eigenvalue weighted by Crippen LogP contribution is -2.46. The van der Waals surface area contributed by atoms with Gasteiger partial charge in [0, 0.05) is 21.6 Å². The van der Waals surface area contributed by atoms with E-state index in [0.29, 0.717) is 15.1 Å². The van der Waals surface area contributed by atoms with Crippen molar-refractivity contribution < 1.29 is 14.7 Å². The van der Waals surface area contributed by atoms with Crippen LogP contribution in [-0.4, -0.2) is 34.0 Å². The number of nitrogens with zero attached hydrogens (tertiary/aromatic N) is 1. The maximum Gasteiger partial charge on any atom is 0.305 e. The minimum atomic E-state index is -0.933. The topological polar surface area (TPSA) is 57.6 Å². The minimum Gasteiger partial charge on any atom is -0.481 e. The monoisotopic (exact) mass is 361 g/mol. The molecule has 0 radical (unpaired) electrons. The van der Waals surface area contributed by atoms with Crippen LogP contribution < -0.4 is 0 Å². The van der Waals surface area contributed by atoms with Crippen LogP contribution >= 0.6 is 27.5 Å². The summed E-state index contributed by atoms with van der Waals surface area (Å²) in [6, 6.07) is 4.96. The summed E-state index contributed by atoms with van der Waals surface area (Å²) in [5, 5.41) is 9.27. The molecule has 1 aromatic rings. The Labute approximate surface area is 131 Å². The van der Waals surface area contributed by atoms with E-state index in [4.69, 9.17) is 16.7 Å². The van der Waals surface area contributed by atoms with Crippen molar-refractivity contribution in [2.45, 2.75) is 32.7 Å². The number of benzene rings is 1. The van der Waals surface area contributed by atoms with E-state index in [9.17, 15) is 9.59 Å². The van der Waals surface area contributed by atoms with Gasteiger partial charge in [-0.25, -0.2) is 0 Å². The Balaban J connectivity index is 3.10. The molecule has 0 fully saturated rings. The molecule has 1 rings (SSSR count). The largest absolute Gasteiger partial charge is 0.481 e. The second-order valence-corrected chi connectivity index (χ2v) is 6.69. The number of carboxylic acid groups (broad SMARTS) is 1. The number of halogens is 2. The van der Waals surface area contributed by atoms with Crippen LogP contribution in [0.2, 0.25) is 5.02 Å². The molecule has 1 N–H and O–H groups in total. The number of carbonyl (C=O) groups is 2. The maximum absolute atomic E-state index is 12.6. The van der Waals surface area contributed by atoms with Crippen LogP contribution in [0.5, 0.6) is 0 Å². The van der Waals surface area contributed by atoms with Gasteiger partial charge in [-0.05, 0) is 54.9 Å². The van der Waals surface area contributed by atoms with Gasteiger partial charge in [0.05, 0.1) is 12.0 Å². The van der Waals surface area contributed by atoms with E-state index >= 15 is 0 Å². The molecule has 0 aromatic heterocycles. The van der Waals surface area contributed by atoms with Gasteiger partial charge in [0.25, 0.3) is 5.91 Å². The molecule has 0 saturated heterocycles. The Morgan fingerprint density at radius 1 is 1.35 bits per heavy atom. The molecular formula is C14H17BrClNO3. The van der Waals surface area contributed by atoms with E-state index in [1.54, 1.807) is 18.2 Å². The third-order valence-corrected chi connectivity index (χ3v) is 3.69. The zero-order chi connectivity index (χ0) is 15.5. The number of rotatable bonds is 4. The highest BCUT2D eigenvalue weighted by Crippen LogP contribution is 2.25. The highest BCUT2D eigenvalue weighted by molar-refractivity contribution is 9.10. The van der Waals surface area contributed by atoms with Crippen molar-refractivity contribution in [1.82, 2.24) is 4.90 Å². The molecule has 0 unspecified atom stereocenters. The summed E-state index contributed by atoms with van der Waals surface area (Å²) in [6.07, 6.45) is -0.0960. The quantitative estimate of drug-likeness (QED) is 0.886. The Hall–Kier alpha value is -1.07. The van der Waals surface area contributed by atoms with Crippen molar-refractivity contribution in [3.05, 3.63) is 33.3 Å². The van der Waals surface area contributed by atoms with Crippen LogP contribution in [0.3, 0.4) is 0 Å². The van der Waals surface area contributed by atoms with Crippen LogP contribution in [0.4, 0.5) is 0 Å². The van der Waals surface area contributed by atoms with Gasteiger partial charge in [-0.3, -0.25) is 9.59 Å². The average Bonchev–Trinajstić information content (AvgIpc) is 2.30. The van der Waals surface area contributed by atoms with Gasteiger partial charge in [0.15, 0.2) is 0 Å². The predicted molar refractivity (Wildman–Crippen MR) is 82.2 cm³/mol. The smallest absolute Gasteiger partial charge is 0.305 e. The van der Waals surface area contributed by atoms with Crippen LogP contribution in [0, 0.1) is 0 Å². The first-order valence-corrected chi connectivity index (χ1v) is 7.29. The van der Waals surface area contributed by atoms with E-state index in [0.717, 1.165) is 0 Å². The predicted octanol–water partition coefficient (Wildman–Crippen LogP) is 3.82. The molecule has 1 amide bonds. The fourth-order valence-corrected chi connectivity index (χ4v) is 2.34. The van der Waals surface area contributed by atoms with Gasteiger partial charge >= 0.3 is 5.97 Å². The maximum atomic E-state index is 12.6. The Morgan fingerprint density at radius 3 is 2.45 bits per heavy atom. The first-order chi connectivity index (χ1) is 9.12. The van der Waals surface area contributed by atoms with Crippen molar-refractivity contribution in [3.8, 4) is 0 Å². The molecule has 1 aromatic carbocycles. The van der Waals surface area contributed by atoms with Gasteiger partial charge in [0.2, 0.25) is 0 Å². The summed E-state index contributed by atoms with van der Waals surface area (Å²) in [5.41, 5.74) is -0.0494. The fourth-order valence-electron chi connectivity index (χ4n) is 1.76. The minimum absolute atomic E-state index is 0.0960. The van der Waals surface area contributed by atoms with Crippen molar-refractivity contribution in [2.75, 3.05) is 6.54 Å². The first kappa shape index (κ1) is 17.0. The summed E-state index contributed by atoms with van der Waals surface area (Å²) >= 11 is 9.25. The molecule has 110 valence electrons. The van der Waals surface area contributed by atoms with Crippen LogP contribution in [0.1, 0.15) is 37.6 Å². The summed E-state index contributed by atoms with van der Waals surface area (Å²) < 4.78 is 0.636. The molecule has 0 aliphatic carbocycles. The number of carboxylic acids is 1. The van der Waals surface area contributed by atoms with E-state index < -0.39 is 11.5 Å². The molecular weight excluding hydrogens is 346 g/mol. The van der Waals surface area contributed by atoms with E-state index in [1.807, 2.05) is 20.8 Å². The van der Waals surface area contributed by atoms with Crippen LogP contribution in [0.25, 0.3) is 0 Å². The molecule has 4 nitrogen and oxygen atoms in total. The van der Waals surface area contributed by atoms with Crippen molar-refractivity contribution in [3.63, 3.8) is 0 Å². The van der Waals surface area contributed by atoms with Crippen molar-refractivity contribution >= 4 is 39.4 Å². The summed E-state index contributed by atoms with van der Waals surface area (Å²) in [6.45, 7) is 5.75. The molecule has 0 heterocycles. The van der Waals surface area contributed by atoms with E-state index in [-0.39, 0.29) is 18.9 Å². The lowest BCUT2D eigenvalue weighted by Gasteiger charge is -2.35. The van der Waals surface area contributed by atoms with Crippen LogP contribution in [0.15, 0.2) is 22.7 Å². The highest BCUT2D eigenvalue weighted by Gasteiger charge is 2.28. The summed E-state index contributed by atoms with van der Waals surface area (Å²) in [4.78, 5) is 24.9. The lowest BCUT2D eigenvalue weighted by atomic mass is 10.0. The molecule has 6 heteroatoms. The molecule has 0 bridgehead atoms. The molecule has 20 heavy (non-hydrogen) atoms. The molecule has 0 saturated carbocycles. The number of hydrogen-bond donors (Lipinski definition) is 1. The molecule has 0 spiro atoms. The van der Waals surface area contributed by atoms with E-state index in [2.05, 4.69) is 15.9 Å². The number of aliphatic carboxylic acids is 1. The number of hydrogen-bond acceptors (Lipinski definition) is 2. The summed E-state index contributed by atoms with van der Waals surface area (Å²) in [5.74, 6) is -1.18. The highest BCUT2D eigenvalue weighted by atomic mass is 79.9. The molecule has 0 aliphatic rings. The van der Waals surface area contributed by atoms with Gasteiger partial charge in [0.1, 0.15) is 0 Å². The Morgan fingerprint density at radius 2 is 1.95 bits per heavy atom. The molecule has 0 aliphatic heterocycles. The Kier molecular flexibility index (Phi) is 5.59. The second kappa shape index (κ2) is 6.59. The average molecular weight is 363 g/mol. The van der Waals surface area contributed by atoms with Crippen LogP contribution in [-0.2, 0) is 4.79 Å². The number of amides is 1. The zero-order valence-electron chi connectivity index (χ0n) is 11.6. The van der Waals surface area contributed by atoms with Gasteiger partial charge in [-0.2, -0.15) is 0 Å². The third kappa shape index (κ3) is 4.49. The van der Waals surface area contributed by atoms with Crippen molar-refractivity contribution in [2.24, 2.45) is 0 Å². The number of carbonyl (C=O) groups excluding carboxylic acids is 1. The third-order valence-electron chi connectivity index (χ3n) is 2.76. The van der Waals surface area contributed by atoms with E-state index in [1.165, 1.54) is 4.90 Å². The first-order valence-electron chi connectivity index (χ1n) is 6.11. The van der Waals surface area contributed by atoms with Gasteiger partial charge in [-0.15, -0.1) is 0 Å². The molecule has 0 atom stereocenters. The second-order valence-electron chi connectivity index (χ2n) is 5.40. The normalized spacial score (nSPS) is 11.2. The van der Waals surface area contributed by atoms with Gasteiger partial charge < -0.3 is 10.0 Å². The van der Waals surface area contributed by atoms with Gasteiger partial charge in [-0.1, -0.05) is 11.6 Å². The lowest BCUT2D eigenvalue weighted by molar-refractivity contribution is -0.137. The Bertz CT molecular complexity index is 526. The zero-order valence-corrected chi connectivity index (χ0v) is 14.0. The van der Waals surface area contributed by atoms with Crippen molar-refractivity contribution in [1.29, 1.82) is 0 Å². The summed E-state index contributed by atoms with van der Waals surface area (Å²) in [7, 11) is 0. The standard InChI is InChI=1S/C14H17BrClNO3/c1-14(2,3)17(7-6-12(18)19)13(20)10-8-9(16)4-5-11(10)15/h4-5,8H,6-7H2,1-3H3,(H,18,19). The fraction of sp³-hybridized carbons (Fsp3) is 0.429.